The van der Waals surface area contributed by atoms with E-state index in [1.807, 2.05) is 0 Å². The molecule has 0 saturated heterocycles. The van der Waals surface area contributed by atoms with Crippen LogP contribution in [0.5, 0.6) is 0 Å². The molecule has 174 valence electrons. The molecule has 3 amide bonds. The molecule has 0 aliphatic carbocycles. The van der Waals surface area contributed by atoms with Gasteiger partial charge in [0.1, 0.15) is 12.1 Å². The standard InChI is InChI=1S/C23H14N4O8/c28-19(14-6-2-1-3-7-14)13-24(21(29)15-8-4-9-16(12-15)26(32)33)25-22(30)17-10-5-11-18(27(34)35)20(17)23(25)31/h1-12H,13H2. The molecule has 0 unspecified atom stereocenters. The molecule has 1 aliphatic rings. The molecule has 0 spiro atoms. The van der Waals surface area contributed by atoms with Crippen LogP contribution in [0.3, 0.4) is 0 Å². The Morgan fingerprint density at radius 3 is 2.11 bits per heavy atom. The molecule has 1 heterocycles. The fourth-order valence-corrected chi connectivity index (χ4v) is 3.61. The fraction of sp³-hybridized carbons (Fsp3) is 0.0435. The molecule has 1 aliphatic heterocycles. The molecule has 0 N–H and O–H groups in total. The Morgan fingerprint density at radius 2 is 1.46 bits per heavy atom. The van der Waals surface area contributed by atoms with E-state index in [-0.39, 0.29) is 16.7 Å². The maximum absolute atomic E-state index is 13.4. The molecule has 0 bridgehead atoms. The maximum atomic E-state index is 13.4. The summed E-state index contributed by atoms with van der Waals surface area (Å²) in [6, 6.07) is 15.7. The molecule has 0 radical (unpaired) electrons. The number of hydrogen-bond donors (Lipinski definition) is 0. The SMILES string of the molecule is O=C(CN(C(=O)c1cccc([N+](=O)[O-])c1)N1C(=O)c2cccc([N+](=O)[O-])c2C1=O)c1ccccc1. The normalized spacial score (nSPS) is 12.3. The Kier molecular flexibility index (Phi) is 5.85. The van der Waals surface area contributed by atoms with Gasteiger partial charge in [0.25, 0.3) is 29.1 Å². The highest BCUT2D eigenvalue weighted by Gasteiger charge is 2.46. The van der Waals surface area contributed by atoms with E-state index in [1.54, 1.807) is 18.2 Å². The topological polar surface area (TPSA) is 161 Å². The molecular formula is C23H14N4O8. The lowest BCUT2D eigenvalue weighted by molar-refractivity contribution is -0.385. The van der Waals surface area contributed by atoms with Crippen LogP contribution >= 0.6 is 0 Å². The Labute approximate surface area is 196 Å². The quantitative estimate of drug-likeness (QED) is 0.218. The highest BCUT2D eigenvalue weighted by atomic mass is 16.6. The van der Waals surface area contributed by atoms with Gasteiger partial charge in [-0.2, -0.15) is 5.01 Å². The van der Waals surface area contributed by atoms with E-state index in [0.717, 1.165) is 18.2 Å². The third-order valence-corrected chi connectivity index (χ3v) is 5.24. The van der Waals surface area contributed by atoms with Gasteiger partial charge in [-0.25, -0.2) is 5.01 Å². The van der Waals surface area contributed by atoms with Crippen molar-refractivity contribution in [1.29, 1.82) is 0 Å². The monoisotopic (exact) mass is 474 g/mol. The molecule has 0 atom stereocenters. The summed E-state index contributed by atoms with van der Waals surface area (Å²) in [7, 11) is 0. The van der Waals surface area contributed by atoms with Gasteiger partial charge < -0.3 is 0 Å². The number of hydrogen-bond acceptors (Lipinski definition) is 8. The number of non-ortho nitro benzene ring substituents is 1. The molecule has 12 nitrogen and oxygen atoms in total. The van der Waals surface area contributed by atoms with E-state index in [1.165, 1.54) is 36.4 Å². The predicted molar refractivity (Wildman–Crippen MR) is 119 cm³/mol. The number of benzene rings is 3. The van der Waals surface area contributed by atoms with Crippen LogP contribution in [0.1, 0.15) is 41.4 Å². The minimum absolute atomic E-state index is 0.173. The molecule has 0 fully saturated rings. The fourth-order valence-electron chi connectivity index (χ4n) is 3.61. The molecule has 3 aromatic carbocycles. The predicted octanol–water partition coefficient (Wildman–Crippen LogP) is 3.04. The first kappa shape index (κ1) is 22.9. The van der Waals surface area contributed by atoms with Crippen LogP contribution in [0.2, 0.25) is 0 Å². The van der Waals surface area contributed by atoms with Crippen LogP contribution in [0.25, 0.3) is 0 Å². The molecule has 12 heteroatoms. The molecule has 3 aromatic rings. The highest BCUT2D eigenvalue weighted by molar-refractivity contribution is 6.24. The Morgan fingerprint density at radius 1 is 0.800 bits per heavy atom. The smallest absolute Gasteiger partial charge is 0.287 e. The van der Waals surface area contributed by atoms with Crippen LogP contribution in [-0.4, -0.2) is 49.9 Å². The van der Waals surface area contributed by atoms with Crippen molar-refractivity contribution in [2.45, 2.75) is 0 Å². The van der Waals surface area contributed by atoms with Crippen LogP contribution in [-0.2, 0) is 0 Å². The van der Waals surface area contributed by atoms with E-state index < -0.39 is 56.8 Å². The van der Waals surface area contributed by atoms with Crippen LogP contribution in [0.4, 0.5) is 11.4 Å². The largest absolute Gasteiger partial charge is 0.292 e. The van der Waals surface area contributed by atoms with Crippen molar-refractivity contribution >= 4 is 34.9 Å². The van der Waals surface area contributed by atoms with E-state index in [9.17, 15) is 39.4 Å². The lowest BCUT2D eigenvalue weighted by Gasteiger charge is -2.29. The first-order valence-electron chi connectivity index (χ1n) is 10.0. The Balaban J connectivity index is 1.80. The van der Waals surface area contributed by atoms with Crippen molar-refractivity contribution in [1.82, 2.24) is 10.0 Å². The minimum atomic E-state index is -1.17. The van der Waals surface area contributed by atoms with Gasteiger partial charge in [-0.1, -0.05) is 42.5 Å². The summed E-state index contributed by atoms with van der Waals surface area (Å²) in [6.45, 7) is -0.787. The lowest BCUT2D eigenvalue weighted by Crippen LogP contribution is -2.51. The van der Waals surface area contributed by atoms with Gasteiger partial charge in [-0.3, -0.25) is 39.4 Å². The van der Waals surface area contributed by atoms with Crippen molar-refractivity contribution in [3.63, 3.8) is 0 Å². The van der Waals surface area contributed by atoms with Crippen molar-refractivity contribution in [2.75, 3.05) is 6.54 Å². The van der Waals surface area contributed by atoms with Gasteiger partial charge in [-0.05, 0) is 12.1 Å². The molecule has 35 heavy (non-hydrogen) atoms. The summed E-state index contributed by atoms with van der Waals surface area (Å²) in [4.78, 5) is 73.7. The third kappa shape index (κ3) is 4.11. The van der Waals surface area contributed by atoms with Gasteiger partial charge >= 0.3 is 0 Å². The van der Waals surface area contributed by atoms with Gasteiger partial charge in [0, 0.05) is 29.3 Å². The first-order valence-corrected chi connectivity index (χ1v) is 10.0. The number of amides is 3. The second-order valence-corrected chi connectivity index (χ2v) is 7.34. The van der Waals surface area contributed by atoms with Crippen molar-refractivity contribution in [3.05, 3.63) is 115 Å². The zero-order valence-electron chi connectivity index (χ0n) is 17.7. The van der Waals surface area contributed by atoms with Crippen LogP contribution in [0.15, 0.2) is 72.8 Å². The zero-order chi connectivity index (χ0) is 25.3. The number of imide groups is 1. The highest BCUT2D eigenvalue weighted by Crippen LogP contribution is 2.32. The summed E-state index contributed by atoms with van der Waals surface area (Å²) in [5.41, 5.74) is -2.00. The number of nitro benzene ring substituents is 2. The van der Waals surface area contributed by atoms with E-state index in [4.69, 9.17) is 0 Å². The van der Waals surface area contributed by atoms with E-state index in [2.05, 4.69) is 0 Å². The summed E-state index contributed by atoms with van der Waals surface area (Å²) in [5.74, 6) is -3.92. The van der Waals surface area contributed by atoms with Gasteiger partial charge in [0.15, 0.2) is 5.78 Å². The number of nitrogens with zero attached hydrogens (tertiary/aromatic N) is 4. The Bertz CT molecular complexity index is 1420. The number of fused-ring (bicyclic) bond motifs is 1. The van der Waals surface area contributed by atoms with Gasteiger partial charge in [0.2, 0.25) is 0 Å². The molecular weight excluding hydrogens is 460 g/mol. The number of ketones is 1. The number of nitro groups is 2. The van der Waals surface area contributed by atoms with Gasteiger partial charge in [-0.15, -0.1) is 0 Å². The average Bonchev–Trinajstić information content (AvgIpc) is 3.12. The van der Waals surface area contributed by atoms with Crippen LogP contribution in [0, 0.1) is 20.2 Å². The number of rotatable bonds is 7. The van der Waals surface area contributed by atoms with Crippen molar-refractivity contribution in [3.8, 4) is 0 Å². The third-order valence-electron chi connectivity index (χ3n) is 5.24. The molecule has 0 aromatic heterocycles. The zero-order valence-corrected chi connectivity index (χ0v) is 17.7. The summed E-state index contributed by atoms with van der Waals surface area (Å²) >= 11 is 0. The van der Waals surface area contributed by atoms with E-state index in [0.29, 0.717) is 10.0 Å². The number of hydrazine groups is 1. The molecule has 4 rings (SSSR count). The first-order chi connectivity index (χ1) is 16.7. The summed E-state index contributed by atoms with van der Waals surface area (Å²) in [6.07, 6.45) is 0. The summed E-state index contributed by atoms with van der Waals surface area (Å²) in [5, 5.41) is 23.5. The average molecular weight is 474 g/mol. The van der Waals surface area contributed by atoms with Crippen molar-refractivity contribution in [2.24, 2.45) is 0 Å². The second kappa shape index (κ2) is 8.94. The maximum Gasteiger partial charge on any atom is 0.287 e. The summed E-state index contributed by atoms with van der Waals surface area (Å²) < 4.78 is 0. The molecule has 0 saturated carbocycles. The van der Waals surface area contributed by atoms with E-state index >= 15 is 0 Å². The Hall–Kier alpha value is -5.26. The number of carbonyl (C=O) groups is 4. The van der Waals surface area contributed by atoms with Gasteiger partial charge in [0.05, 0.1) is 15.4 Å². The number of carbonyl (C=O) groups excluding carboxylic acids is 4. The van der Waals surface area contributed by atoms with Crippen LogP contribution < -0.4 is 0 Å². The second-order valence-electron chi connectivity index (χ2n) is 7.34. The minimum Gasteiger partial charge on any atom is -0.292 e. The lowest BCUT2D eigenvalue weighted by atomic mass is 10.1. The van der Waals surface area contributed by atoms with Crippen molar-refractivity contribution < 1.29 is 29.0 Å². The number of Topliss-reactive ketones (excluding diaryl/α,β-unsaturated/α-hetero) is 1.